The standard InChI is InChI=1S/C21H15N7O2S/c1-21(5-6-21)27-31(29,30)15-11-24-19(25-12-15)18-17(9-23)16-7-13(8-22)10-26-20(16)28(18)14-3-2-4-14/h2-4,7,10-12,27H,5-6H2,1H3. The number of hydrogen-bond acceptors (Lipinski definition) is 7. The van der Waals surface area contributed by atoms with E-state index in [0.29, 0.717) is 22.3 Å². The maximum Gasteiger partial charge on any atom is 0.244 e. The number of hydrogen-bond donors (Lipinski definition) is 1. The zero-order valence-corrected chi connectivity index (χ0v) is 17.2. The van der Waals surface area contributed by atoms with Gasteiger partial charge in [0, 0.05) is 22.8 Å². The van der Waals surface area contributed by atoms with Gasteiger partial charge in [0.1, 0.15) is 28.4 Å². The molecule has 2 aliphatic rings. The van der Waals surface area contributed by atoms with E-state index >= 15 is 0 Å². The zero-order chi connectivity index (χ0) is 21.8. The molecule has 1 N–H and O–H groups in total. The largest absolute Gasteiger partial charge is 0.290 e. The number of nitrogens with one attached hydrogen (secondary N) is 1. The van der Waals surface area contributed by atoms with Crippen molar-refractivity contribution in [3.63, 3.8) is 0 Å². The summed E-state index contributed by atoms with van der Waals surface area (Å²) >= 11 is 0. The number of allylic oxidation sites excluding steroid dienone is 4. The zero-order valence-electron chi connectivity index (χ0n) is 16.4. The lowest BCUT2D eigenvalue weighted by molar-refractivity contribution is 0.557. The Balaban J connectivity index is 1.66. The quantitative estimate of drug-likeness (QED) is 0.657. The van der Waals surface area contributed by atoms with Crippen molar-refractivity contribution in [3.05, 3.63) is 54.0 Å². The molecule has 0 atom stereocenters. The molecule has 2 aliphatic carbocycles. The number of nitriles is 2. The average Bonchev–Trinajstić information content (AvgIpc) is 3.35. The molecule has 0 radical (unpaired) electrons. The van der Waals surface area contributed by atoms with Gasteiger partial charge in [-0.15, -0.1) is 0 Å². The topological polar surface area (TPSA) is 137 Å². The van der Waals surface area contributed by atoms with Gasteiger partial charge in [-0.05, 0) is 38.0 Å². The van der Waals surface area contributed by atoms with Gasteiger partial charge in [-0.2, -0.15) is 10.5 Å². The van der Waals surface area contributed by atoms with Crippen molar-refractivity contribution in [2.24, 2.45) is 0 Å². The second-order valence-corrected chi connectivity index (χ2v) is 9.42. The third kappa shape index (κ3) is 3.10. The smallest absolute Gasteiger partial charge is 0.244 e. The third-order valence-electron chi connectivity index (χ3n) is 5.37. The van der Waals surface area contributed by atoms with Gasteiger partial charge < -0.3 is 0 Å². The summed E-state index contributed by atoms with van der Waals surface area (Å²) in [7, 11) is -3.74. The van der Waals surface area contributed by atoms with Crippen LogP contribution < -0.4 is 4.72 Å². The summed E-state index contributed by atoms with van der Waals surface area (Å²) in [4.78, 5) is 12.9. The van der Waals surface area contributed by atoms with E-state index in [1.54, 1.807) is 10.6 Å². The first-order chi connectivity index (χ1) is 14.8. The normalized spacial score (nSPS) is 16.3. The van der Waals surface area contributed by atoms with Crippen LogP contribution in [0.1, 0.15) is 30.9 Å². The molecule has 0 spiro atoms. The van der Waals surface area contributed by atoms with Crippen LogP contribution in [0.25, 0.3) is 28.2 Å². The summed E-state index contributed by atoms with van der Waals surface area (Å²) < 4.78 is 29.6. The fourth-order valence-corrected chi connectivity index (χ4v) is 4.74. The SMILES string of the molecule is CC1(NS(=O)(=O)c2cnc(-c3c(C#N)c4cc(C#N)cnc4n3C3=CC=C3)nc2)CC1. The Morgan fingerprint density at radius 1 is 1.13 bits per heavy atom. The lowest BCUT2D eigenvalue weighted by Gasteiger charge is -2.14. The molecule has 3 heterocycles. The third-order valence-corrected chi connectivity index (χ3v) is 6.97. The molecule has 0 aromatic carbocycles. The Bertz CT molecular complexity index is 1500. The molecule has 0 bridgehead atoms. The van der Waals surface area contributed by atoms with Crippen molar-refractivity contribution in [1.29, 1.82) is 10.5 Å². The summed E-state index contributed by atoms with van der Waals surface area (Å²) in [5, 5.41) is 19.6. The predicted molar refractivity (Wildman–Crippen MR) is 112 cm³/mol. The molecular weight excluding hydrogens is 414 g/mol. The highest BCUT2D eigenvalue weighted by atomic mass is 32.2. The Hall–Kier alpha value is -3.86. The number of rotatable bonds is 5. The van der Waals surface area contributed by atoms with E-state index in [1.165, 1.54) is 18.6 Å². The van der Waals surface area contributed by atoms with Gasteiger partial charge >= 0.3 is 0 Å². The maximum atomic E-state index is 12.6. The van der Waals surface area contributed by atoms with E-state index in [4.69, 9.17) is 0 Å². The molecule has 0 unspecified atom stereocenters. The molecular formula is C21H15N7O2S. The summed E-state index contributed by atoms with van der Waals surface area (Å²) in [6.07, 6.45) is 11.0. The van der Waals surface area contributed by atoms with Gasteiger partial charge in [0.25, 0.3) is 0 Å². The van der Waals surface area contributed by atoms with Gasteiger partial charge in [-0.3, -0.25) is 4.57 Å². The van der Waals surface area contributed by atoms with E-state index in [1.807, 2.05) is 31.2 Å². The second kappa shape index (κ2) is 6.57. The molecule has 31 heavy (non-hydrogen) atoms. The van der Waals surface area contributed by atoms with Crippen molar-refractivity contribution in [1.82, 2.24) is 24.2 Å². The van der Waals surface area contributed by atoms with Crippen LogP contribution in [-0.4, -0.2) is 33.5 Å². The Morgan fingerprint density at radius 3 is 2.39 bits per heavy atom. The van der Waals surface area contributed by atoms with E-state index in [2.05, 4.69) is 25.7 Å². The first-order valence-electron chi connectivity index (χ1n) is 9.45. The van der Waals surface area contributed by atoms with Crippen molar-refractivity contribution < 1.29 is 8.42 Å². The summed E-state index contributed by atoms with van der Waals surface area (Å²) in [5.74, 6) is 0.186. The van der Waals surface area contributed by atoms with E-state index in [-0.39, 0.29) is 16.3 Å². The van der Waals surface area contributed by atoms with Crippen LogP contribution in [0.2, 0.25) is 0 Å². The molecule has 5 rings (SSSR count). The average molecular weight is 429 g/mol. The first-order valence-corrected chi connectivity index (χ1v) is 10.9. The molecule has 0 aliphatic heterocycles. The number of pyridine rings is 1. The van der Waals surface area contributed by atoms with Crippen molar-refractivity contribution in [2.75, 3.05) is 0 Å². The summed E-state index contributed by atoms with van der Waals surface area (Å²) in [6, 6.07) is 5.79. The van der Waals surface area contributed by atoms with Crippen molar-refractivity contribution in [3.8, 4) is 23.7 Å². The molecule has 0 amide bonds. The van der Waals surface area contributed by atoms with Gasteiger partial charge in [-0.1, -0.05) is 6.08 Å². The molecule has 3 aromatic heterocycles. The van der Waals surface area contributed by atoms with Crippen LogP contribution in [0.15, 0.2) is 47.8 Å². The Labute approximate surface area is 178 Å². The molecule has 1 fully saturated rings. The van der Waals surface area contributed by atoms with Crippen molar-refractivity contribution >= 4 is 26.8 Å². The Kier molecular flexibility index (Phi) is 4.05. The van der Waals surface area contributed by atoms with Gasteiger partial charge in [0.15, 0.2) is 5.82 Å². The highest BCUT2D eigenvalue weighted by Gasteiger charge is 2.41. The van der Waals surface area contributed by atoms with Crippen LogP contribution in [-0.2, 0) is 10.0 Å². The number of nitrogens with zero attached hydrogens (tertiary/aromatic N) is 6. The van der Waals surface area contributed by atoms with E-state index < -0.39 is 15.6 Å². The van der Waals surface area contributed by atoms with Crippen LogP contribution >= 0.6 is 0 Å². The van der Waals surface area contributed by atoms with Crippen LogP contribution in [0, 0.1) is 22.7 Å². The van der Waals surface area contributed by atoms with Crippen LogP contribution in [0.5, 0.6) is 0 Å². The Morgan fingerprint density at radius 2 is 1.84 bits per heavy atom. The minimum atomic E-state index is -3.74. The van der Waals surface area contributed by atoms with Gasteiger partial charge in [0.05, 0.1) is 23.5 Å². The lowest BCUT2D eigenvalue weighted by atomic mass is 10.1. The monoisotopic (exact) mass is 429 g/mol. The molecule has 1 saturated carbocycles. The maximum absolute atomic E-state index is 12.6. The van der Waals surface area contributed by atoms with Crippen LogP contribution in [0.3, 0.4) is 0 Å². The van der Waals surface area contributed by atoms with E-state index in [9.17, 15) is 18.9 Å². The number of fused-ring (bicyclic) bond motifs is 1. The molecule has 10 heteroatoms. The van der Waals surface area contributed by atoms with Crippen molar-refractivity contribution in [2.45, 2.75) is 30.2 Å². The van der Waals surface area contributed by atoms with Gasteiger partial charge in [0.2, 0.25) is 10.0 Å². The molecule has 3 aromatic rings. The highest BCUT2D eigenvalue weighted by Crippen LogP contribution is 2.37. The number of aromatic nitrogens is 4. The number of sulfonamides is 1. The lowest BCUT2D eigenvalue weighted by Crippen LogP contribution is -2.34. The highest BCUT2D eigenvalue weighted by molar-refractivity contribution is 7.89. The minimum absolute atomic E-state index is 0.0433. The fraction of sp³-hybridized carbons (Fsp3) is 0.190. The fourth-order valence-electron chi connectivity index (χ4n) is 3.38. The molecule has 0 saturated heterocycles. The second-order valence-electron chi connectivity index (χ2n) is 7.74. The predicted octanol–water partition coefficient (Wildman–Crippen LogP) is 2.48. The van der Waals surface area contributed by atoms with Crippen LogP contribution in [0.4, 0.5) is 0 Å². The summed E-state index contributed by atoms with van der Waals surface area (Å²) in [6.45, 7) is 1.85. The van der Waals surface area contributed by atoms with E-state index in [0.717, 1.165) is 18.5 Å². The van der Waals surface area contributed by atoms with Gasteiger partial charge in [-0.25, -0.2) is 28.1 Å². The summed E-state index contributed by atoms with van der Waals surface area (Å²) in [5.41, 5.74) is 1.84. The molecule has 152 valence electrons. The minimum Gasteiger partial charge on any atom is -0.290 e. The molecule has 9 nitrogen and oxygen atoms in total. The first kappa shape index (κ1) is 19.1.